The Balaban J connectivity index is 2.13. The topological polar surface area (TPSA) is 82.0 Å². The second-order valence-corrected chi connectivity index (χ2v) is 8.67. The predicted octanol–water partition coefficient (Wildman–Crippen LogP) is 3.05. The smallest absolute Gasteiger partial charge is 0.260 e. The molecule has 0 fully saturated rings. The summed E-state index contributed by atoms with van der Waals surface area (Å²) < 4.78 is 8.60. The first kappa shape index (κ1) is 21.1. The van der Waals surface area contributed by atoms with Crippen LogP contribution in [0, 0.1) is 13.8 Å². The number of fused-ring (bicyclic) bond motifs is 1. The summed E-state index contributed by atoms with van der Waals surface area (Å²) in [5.74, 6) is 0.139. The summed E-state index contributed by atoms with van der Waals surface area (Å²) in [6.07, 6.45) is 1.64. The third-order valence-electron chi connectivity index (χ3n) is 4.90. The molecule has 1 aliphatic rings. The minimum Gasteiger partial charge on any atom is -0.469 e. The SMILES string of the molecule is CC1=CC(=Nc2c(OCC[N+](C)(C)C)nn3c(C)c(C)ccc23)C(N)=C(Cl)C1=O. The minimum atomic E-state index is -0.283. The zero-order chi connectivity index (χ0) is 21.5. The maximum Gasteiger partial charge on any atom is 0.260 e. The zero-order valence-corrected chi connectivity index (χ0v) is 18.5. The molecule has 2 aromatic rings. The lowest BCUT2D eigenvalue weighted by Crippen LogP contribution is -2.38. The van der Waals surface area contributed by atoms with Crippen molar-refractivity contribution in [3.63, 3.8) is 0 Å². The van der Waals surface area contributed by atoms with Crippen LogP contribution in [0.15, 0.2) is 39.5 Å². The Labute approximate surface area is 175 Å². The highest BCUT2D eigenvalue weighted by Gasteiger charge is 2.24. The number of pyridine rings is 1. The van der Waals surface area contributed by atoms with Crippen LogP contribution in [0.25, 0.3) is 5.52 Å². The van der Waals surface area contributed by atoms with E-state index in [9.17, 15) is 4.79 Å². The molecular weight excluding hydrogens is 390 g/mol. The predicted molar refractivity (Wildman–Crippen MR) is 116 cm³/mol. The van der Waals surface area contributed by atoms with Crippen molar-refractivity contribution in [3.8, 4) is 5.88 Å². The molecule has 0 amide bonds. The van der Waals surface area contributed by atoms with E-state index in [2.05, 4.69) is 26.2 Å². The van der Waals surface area contributed by atoms with Crippen molar-refractivity contribution in [2.24, 2.45) is 10.7 Å². The lowest BCUT2D eigenvalue weighted by Gasteiger charge is -2.23. The van der Waals surface area contributed by atoms with Crippen molar-refractivity contribution in [3.05, 3.63) is 45.8 Å². The first-order valence-corrected chi connectivity index (χ1v) is 9.77. The Hall–Kier alpha value is -2.64. The van der Waals surface area contributed by atoms with Crippen LogP contribution >= 0.6 is 11.6 Å². The van der Waals surface area contributed by atoms with Crippen molar-refractivity contribution < 1.29 is 14.0 Å². The van der Waals surface area contributed by atoms with Gasteiger partial charge in [0, 0.05) is 11.3 Å². The molecule has 0 saturated carbocycles. The second kappa shape index (κ2) is 7.65. The molecule has 8 heteroatoms. The number of likely N-dealkylation sites (N-methyl/N-ethyl adjacent to an activating group) is 1. The molecule has 2 heterocycles. The molecule has 154 valence electrons. The number of carbonyl (C=O) groups excluding carboxylic acids is 1. The summed E-state index contributed by atoms with van der Waals surface area (Å²) in [4.78, 5) is 16.8. The van der Waals surface area contributed by atoms with Crippen LogP contribution in [-0.4, -0.2) is 59.9 Å². The maximum absolute atomic E-state index is 12.0. The largest absolute Gasteiger partial charge is 0.469 e. The molecule has 2 N–H and O–H groups in total. The van der Waals surface area contributed by atoms with Gasteiger partial charge in [0.05, 0.1) is 38.1 Å². The Morgan fingerprint density at radius 3 is 2.59 bits per heavy atom. The van der Waals surface area contributed by atoms with E-state index in [1.807, 2.05) is 30.5 Å². The van der Waals surface area contributed by atoms with Crippen LogP contribution in [-0.2, 0) is 4.79 Å². The van der Waals surface area contributed by atoms with E-state index >= 15 is 0 Å². The number of ketones is 1. The molecule has 29 heavy (non-hydrogen) atoms. The van der Waals surface area contributed by atoms with Gasteiger partial charge in [-0.3, -0.25) is 4.79 Å². The lowest BCUT2D eigenvalue weighted by atomic mass is 10.0. The average molecular weight is 417 g/mol. The summed E-state index contributed by atoms with van der Waals surface area (Å²) >= 11 is 6.11. The molecule has 3 rings (SSSR count). The lowest BCUT2D eigenvalue weighted by molar-refractivity contribution is -0.870. The fourth-order valence-corrected chi connectivity index (χ4v) is 3.13. The van der Waals surface area contributed by atoms with Gasteiger partial charge in [0.2, 0.25) is 5.78 Å². The Morgan fingerprint density at radius 1 is 1.24 bits per heavy atom. The Bertz CT molecular complexity index is 1090. The number of quaternary nitrogens is 1. The number of carbonyl (C=O) groups is 1. The first-order chi connectivity index (χ1) is 13.5. The maximum atomic E-state index is 12.0. The molecule has 7 nitrogen and oxygen atoms in total. The normalized spacial score (nSPS) is 16.7. The first-order valence-electron chi connectivity index (χ1n) is 9.39. The number of Topliss-reactive ketones (excluding diaryl/α,β-unsaturated/α-hetero) is 1. The molecule has 0 radical (unpaired) electrons. The number of aromatic nitrogens is 2. The number of nitrogens with two attached hydrogens (primary N) is 1. The van der Waals surface area contributed by atoms with Gasteiger partial charge in [0.15, 0.2) is 5.69 Å². The third kappa shape index (κ3) is 4.21. The van der Waals surface area contributed by atoms with Crippen LogP contribution in [0.5, 0.6) is 5.88 Å². The molecule has 0 aliphatic heterocycles. The number of hydrogen-bond acceptors (Lipinski definition) is 5. The number of rotatable bonds is 5. The van der Waals surface area contributed by atoms with Gasteiger partial charge in [0.1, 0.15) is 18.2 Å². The standard InChI is InChI=1S/C21H26ClN5O2/c1-12-7-8-16-19(24-15-11-13(2)20(28)17(22)18(15)23)21(25-26(16)14(12)3)29-10-9-27(4,5)6/h7-8,11H,9-10H2,1-6H3,(H-,23,28)/p+1. The number of nitrogens with zero attached hydrogens (tertiary/aromatic N) is 4. The summed E-state index contributed by atoms with van der Waals surface area (Å²) in [5.41, 5.74) is 10.6. The molecule has 1 aliphatic carbocycles. The number of halogens is 1. The molecule has 0 bridgehead atoms. The molecule has 0 unspecified atom stereocenters. The van der Waals surface area contributed by atoms with Crippen molar-refractivity contribution in [2.75, 3.05) is 34.3 Å². The third-order valence-corrected chi connectivity index (χ3v) is 5.28. The number of aliphatic imine (C=N–C) groups is 1. The van der Waals surface area contributed by atoms with E-state index in [0.717, 1.165) is 27.8 Å². The van der Waals surface area contributed by atoms with Gasteiger partial charge in [-0.05, 0) is 38.5 Å². The fourth-order valence-electron chi connectivity index (χ4n) is 2.89. The van der Waals surface area contributed by atoms with Gasteiger partial charge in [-0.2, -0.15) is 0 Å². The molecule has 0 spiro atoms. The highest BCUT2D eigenvalue weighted by molar-refractivity contribution is 6.49. The fraction of sp³-hybridized carbons (Fsp3) is 0.381. The highest BCUT2D eigenvalue weighted by atomic mass is 35.5. The van der Waals surface area contributed by atoms with Crippen molar-refractivity contribution in [1.29, 1.82) is 0 Å². The van der Waals surface area contributed by atoms with Crippen LogP contribution < -0.4 is 10.5 Å². The van der Waals surface area contributed by atoms with E-state index in [0.29, 0.717) is 29.5 Å². The van der Waals surface area contributed by atoms with Crippen molar-refractivity contribution >= 4 is 34.3 Å². The van der Waals surface area contributed by atoms with Gasteiger partial charge in [-0.15, -0.1) is 5.10 Å². The summed E-state index contributed by atoms with van der Waals surface area (Å²) in [6.45, 7) is 7.01. The summed E-state index contributed by atoms with van der Waals surface area (Å²) in [6, 6.07) is 3.97. The van der Waals surface area contributed by atoms with Crippen molar-refractivity contribution in [2.45, 2.75) is 20.8 Å². The number of allylic oxidation sites excluding steroid dienone is 3. The van der Waals surface area contributed by atoms with E-state index in [4.69, 9.17) is 27.1 Å². The molecule has 0 saturated heterocycles. The second-order valence-electron chi connectivity index (χ2n) is 8.30. The van der Waals surface area contributed by atoms with Gasteiger partial charge < -0.3 is 15.0 Å². The summed E-state index contributed by atoms with van der Waals surface area (Å²) in [7, 11) is 6.30. The highest BCUT2D eigenvalue weighted by Crippen LogP contribution is 2.34. The number of ether oxygens (including phenoxy) is 1. The van der Waals surface area contributed by atoms with Crippen LogP contribution in [0.2, 0.25) is 0 Å². The van der Waals surface area contributed by atoms with Crippen LogP contribution in [0.3, 0.4) is 0 Å². The molecule has 0 aromatic carbocycles. The van der Waals surface area contributed by atoms with E-state index in [-0.39, 0.29) is 16.5 Å². The van der Waals surface area contributed by atoms with Gasteiger partial charge in [-0.1, -0.05) is 17.7 Å². The van der Waals surface area contributed by atoms with Gasteiger partial charge >= 0.3 is 0 Å². The quantitative estimate of drug-likeness (QED) is 0.600. The van der Waals surface area contributed by atoms with Gasteiger partial charge in [-0.25, -0.2) is 9.51 Å². The van der Waals surface area contributed by atoms with E-state index in [1.54, 1.807) is 13.0 Å². The van der Waals surface area contributed by atoms with Crippen LogP contribution in [0.4, 0.5) is 5.69 Å². The Kier molecular flexibility index (Phi) is 5.56. The van der Waals surface area contributed by atoms with Crippen LogP contribution in [0.1, 0.15) is 18.2 Å². The van der Waals surface area contributed by atoms with E-state index in [1.165, 1.54) is 0 Å². The molecular formula is C21H27ClN5O2+. The van der Waals surface area contributed by atoms with Crippen molar-refractivity contribution in [1.82, 2.24) is 9.61 Å². The molecule has 0 atom stereocenters. The Morgan fingerprint density at radius 2 is 1.93 bits per heavy atom. The minimum absolute atomic E-state index is 0.0141. The monoisotopic (exact) mass is 416 g/mol. The van der Waals surface area contributed by atoms with Gasteiger partial charge in [0.25, 0.3) is 5.88 Å². The summed E-state index contributed by atoms with van der Waals surface area (Å²) in [5, 5.41) is 4.62. The number of aryl methyl sites for hydroxylation is 2. The molecule has 2 aromatic heterocycles. The number of hydrogen-bond donors (Lipinski definition) is 1. The zero-order valence-electron chi connectivity index (χ0n) is 17.7. The van der Waals surface area contributed by atoms with E-state index < -0.39 is 0 Å². The average Bonchev–Trinajstić information content (AvgIpc) is 2.98.